The molecule has 0 saturated carbocycles. The Bertz CT molecular complexity index is 1310. The van der Waals surface area contributed by atoms with Crippen LogP contribution in [0.2, 0.25) is 0 Å². The molecule has 0 radical (unpaired) electrons. The molecule has 37 heavy (non-hydrogen) atoms. The number of benzene rings is 2. The Labute approximate surface area is 220 Å². The monoisotopic (exact) mass is 524 g/mol. The number of fused-ring (bicyclic) bond motifs is 1. The lowest BCUT2D eigenvalue weighted by molar-refractivity contribution is -0.129. The van der Waals surface area contributed by atoms with Crippen LogP contribution in [0, 0.1) is 5.82 Å². The second-order valence-electron chi connectivity index (χ2n) is 10.5. The van der Waals surface area contributed by atoms with Gasteiger partial charge in [0.2, 0.25) is 5.91 Å². The number of allylic oxidation sites excluding steroid dienone is 2. The zero-order chi connectivity index (χ0) is 26.9. The van der Waals surface area contributed by atoms with Crippen LogP contribution in [0.15, 0.2) is 52.9 Å². The van der Waals surface area contributed by atoms with Gasteiger partial charge in [0.15, 0.2) is 0 Å². The van der Waals surface area contributed by atoms with Crippen molar-refractivity contribution in [1.82, 2.24) is 10.2 Å². The zero-order valence-electron chi connectivity index (χ0n) is 21.9. The number of carbonyl (C=O) groups is 2. The molecule has 196 valence electrons. The van der Waals surface area contributed by atoms with Gasteiger partial charge in [-0.2, -0.15) is 0 Å². The van der Waals surface area contributed by atoms with Gasteiger partial charge in [-0.15, -0.1) is 0 Å². The SMILES string of the molecule is CC1=C(CC(=O)N2CCC(NC(=O)OC(C)(C)C)C2)c2cc(F)ccc2C1=Cc1ccc(S(C)=O)cc1. The van der Waals surface area contributed by atoms with Gasteiger partial charge in [0, 0.05) is 35.0 Å². The summed E-state index contributed by atoms with van der Waals surface area (Å²) in [7, 11) is -1.06. The minimum absolute atomic E-state index is 0.0610. The van der Waals surface area contributed by atoms with E-state index in [1.54, 1.807) is 38.0 Å². The topological polar surface area (TPSA) is 75.7 Å². The quantitative estimate of drug-likeness (QED) is 0.568. The van der Waals surface area contributed by atoms with Crippen molar-refractivity contribution in [1.29, 1.82) is 0 Å². The van der Waals surface area contributed by atoms with Crippen LogP contribution in [0.25, 0.3) is 17.2 Å². The molecule has 2 aliphatic rings. The molecule has 1 fully saturated rings. The van der Waals surface area contributed by atoms with E-state index < -0.39 is 22.5 Å². The molecule has 0 bridgehead atoms. The second-order valence-corrected chi connectivity index (χ2v) is 11.9. The van der Waals surface area contributed by atoms with Crippen molar-refractivity contribution in [2.45, 2.75) is 57.1 Å². The zero-order valence-corrected chi connectivity index (χ0v) is 22.7. The van der Waals surface area contributed by atoms with E-state index in [0.717, 1.165) is 38.3 Å². The first-order valence-electron chi connectivity index (χ1n) is 12.3. The van der Waals surface area contributed by atoms with E-state index in [4.69, 9.17) is 4.74 Å². The fraction of sp³-hybridized carbons (Fsp3) is 0.379. The maximum atomic E-state index is 14.2. The molecule has 4 rings (SSSR count). The highest BCUT2D eigenvalue weighted by atomic mass is 32.2. The summed E-state index contributed by atoms with van der Waals surface area (Å²) < 4.78 is 31.3. The van der Waals surface area contributed by atoms with Crippen LogP contribution in [-0.2, 0) is 20.3 Å². The Hall–Kier alpha value is -3.26. The molecule has 2 aromatic rings. The molecule has 2 aromatic carbocycles. The Kier molecular flexibility index (Phi) is 7.69. The van der Waals surface area contributed by atoms with Crippen molar-refractivity contribution in [2.24, 2.45) is 0 Å². The summed E-state index contributed by atoms with van der Waals surface area (Å²) >= 11 is 0. The number of ether oxygens (including phenoxy) is 1. The van der Waals surface area contributed by atoms with E-state index >= 15 is 0 Å². The first-order chi connectivity index (χ1) is 17.4. The van der Waals surface area contributed by atoms with Gasteiger partial charge in [0.05, 0.1) is 12.5 Å². The van der Waals surface area contributed by atoms with Gasteiger partial charge in [-0.3, -0.25) is 9.00 Å². The van der Waals surface area contributed by atoms with Crippen LogP contribution in [0.4, 0.5) is 9.18 Å². The molecule has 6 nitrogen and oxygen atoms in total. The highest BCUT2D eigenvalue weighted by molar-refractivity contribution is 7.84. The molecule has 1 aliphatic heterocycles. The number of nitrogens with one attached hydrogen (secondary N) is 1. The Morgan fingerprint density at radius 1 is 1.16 bits per heavy atom. The normalized spacial score (nSPS) is 19.2. The van der Waals surface area contributed by atoms with Crippen molar-refractivity contribution in [3.63, 3.8) is 0 Å². The van der Waals surface area contributed by atoms with Gasteiger partial charge in [-0.1, -0.05) is 18.2 Å². The average molecular weight is 525 g/mol. The summed E-state index contributed by atoms with van der Waals surface area (Å²) in [5.74, 6) is -0.413. The molecule has 1 saturated heterocycles. The highest BCUT2D eigenvalue weighted by Gasteiger charge is 2.32. The maximum Gasteiger partial charge on any atom is 0.407 e. The van der Waals surface area contributed by atoms with Gasteiger partial charge in [0.25, 0.3) is 0 Å². The van der Waals surface area contributed by atoms with Crippen molar-refractivity contribution < 1.29 is 22.9 Å². The molecule has 1 N–H and O–H groups in total. The molecule has 2 unspecified atom stereocenters. The van der Waals surface area contributed by atoms with E-state index in [2.05, 4.69) is 5.32 Å². The summed E-state index contributed by atoms with van der Waals surface area (Å²) in [5, 5.41) is 2.85. The van der Waals surface area contributed by atoms with Crippen molar-refractivity contribution in [3.8, 4) is 0 Å². The minimum atomic E-state index is -1.06. The third kappa shape index (κ3) is 6.36. The number of hydrogen-bond donors (Lipinski definition) is 1. The molecular weight excluding hydrogens is 491 g/mol. The number of rotatable bonds is 5. The Morgan fingerprint density at radius 2 is 1.86 bits per heavy atom. The number of amides is 2. The standard InChI is InChI=1S/C29H33FN2O4S/c1-18-24(14-19-6-9-22(10-7-19)37(5)35)23-11-8-20(30)15-26(23)25(18)16-27(33)32-13-12-21(17-32)31-28(34)36-29(2,3)4/h6-11,14-15,21H,12-13,16-17H2,1-5H3,(H,31,34). The van der Waals surface area contributed by atoms with Gasteiger partial charge in [-0.05, 0) is 97.9 Å². The number of hydrogen-bond acceptors (Lipinski definition) is 4. The largest absolute Gasteiger partial charge is 0.444 e. The summed E-state index contributed by atoms with van der Waals surface area (Å²) in [5.41, 5.74) is 4.63. The molecule has 8 heteroatoms. The molecule has 1 heterocycles. The van der Waals surface area contributed by atoms with E-state index in [1.165, 1.54) is 12.1 Å². The minimum Gasteiger partial charge on any atom is -0.444 e. The van der Waals surface area contributed by atoms with Crippen molar-refractivity contribution >= 4 is 40.0 Å². The molecule has 2 atom stereocenters. The Morgan fingerprint density at radius 3 is 2.51 bits per heavy atom. The van der Waals surface area contributed by atoms with Crippen molar-refractivity contribution in [2.75, 3.05) is 19.3 Å². The number of alkyl carbamates (subject to hydrolysis) is 1. The van der Waals surface area contributed by atoms with Gasteiger partial charge in [-0.25, -0.2) is 9.18 Å². The summed E-state index contributed by atoms with van der Waals surface area (Å²) in [6.07, 6.45) is 3.97. The smallest absolute Gasteiger partial charge is 0.407 e. The van der Waals surface area contributed by atoms with Crippen LogP contribution in [0.5, 0.6) is 0 Å². The third-order valence-corrected chi connectivity index (χ3v) is 7.50. The summed E-state index contributed by atoms with van der Waals surface area (Å²) in [6, 6.07) is 12.0. The van der Waals surface area contributed by atoms with Crippen LogP contribution >= 0.6 is 0 Å². The molecule has 0 aromatic heterocycles. The van der Waals surface area contributed by atoms with E-state index in [-0.39, 0.29) is 24.2 Å². The lowest BCUT2D eigenvalue weighted by Gasteiger charge is -2.22. The van der Waals surface area contributed by atoms with Crippen LogP contribution < -0.4 is 5.32 Å². The van der Waals surface area contributed by atoms with Gasteiger partial charge >= 0.3 is 6.09 Å². The van der Waals surface area contributed by atoms with Crippen LogP contribution in [0.1, 0.15) is 57.2 Å². The number of halogens is 1. The Balaban J connectivity index is 1.53. The van der Waals surface area contributed by atoms with Crippen LogP contribution in [-0.4, -0.2) is 52.1 Å². The summed E-state index contributed by atoms with van der Waals surface area (Å²) in [6.45, 7) is 8.32. The number of nitrogens with zero attached hydrogens (tertiary/aromatic N) is 1. The van der Waals surface area contributed by atoms with Crippen LogP contribution in [0.3, 0.4) is 0 Å². The highest BCUT2D eigenvalue weighted by Crippen LogP contribution is 2.44. The fourth-order valence-corrected chi connectivity index (χ4v) is 5.26. The van der Waals surface area contributed by atoms with Gasteiger partial charge in [0.1, 0.15) is 11.4 Å². The summed E-state index contributed by atoms with van der Waals surface area (Å²) in [4.78, 5) is 27.9. The predicted octanol–water partition coefficient (Wildman–Crippen LogP) is 5.41. The second kappa shape index (κ2) is 10.6. The lowest BCUT2D eigenvalue weighted by atomic mass is 10.0. The van der Waals surface area contributed by atoms with E-state index in [0.29, 0.717) is 19.5 Å². The van der Waals surface area contributed by atoms with Gasteiger partial charge < -0.3 is 15.0 Å². The predicted molar refractivity (Wildman–Crippen MR) is 145 cm³/mol. The maximum absolute atomic E-state index is 14.2. The molecular formula is C29H33FN2O4S. The fourth-order valence-electron chi connectivity index (χ4n) is 4.75. The number of carbonyl (C=O) groups excluding carboxylic acids is 2. The first kappa shape index (κ1) is 26.8. The number of likely N-dealkylation sites (tertiary alicyclic amines) is 1. The van der Waals surface area contributed by atoms with E-state index in [1.807, 2.05) is 37.3 Å². The molecule has 0 spiro atoms. The third-order valence-electron chi connectivity index (χ3n) is 6.57. The average Bonchev–Trinajstić information content (AvgIpc) is 3.36. The molecule has 1 aliphatic carbocycles. The van der Waals surface area contributed by atoms with E-state index in [9.17, 15) is 18.2 Å². The first-order valence-corrected chi connectivity index (χ1v) is 13.9. The van der Waals surface area contributed by atoms with Crippen molar-refractivity contribution in [3.05, 3.63) is 70.5 Å². The molecule has 2 amide bonds. The lowest BCUT2D eigenvalue weighted by Crippen LogP contribution is -2.41.